The minimum atomic E-state index is -0.406. The first-order valence-corrected chi connectivity index (χ1v) is 9.15. The van der Waals surface area contributed by atoms with Crippen molar-refractivity contribution in [2.45, 2.75) is 6.04 Å². The van der Waals surface area contributed by atoms with Gasteiger partial charge < -0.3 is 9.73 Å². The molecule has 0 fully saturated rings. The van der Waals surface area contributed by atoms with Crippen molar-refractivity contribution in [3.05, 3.63) is 101 Å². The molecule has 4 aromatic rings. The Morgan fingerprint density at radius 2 is 1.56 bits per heavy atom. The zero-order valence-electron chi connectivity index (χ0n) is 14.1. The number of aromatic nitrogens is 2. The lowest BCUT2D eigenvalue weighted by Gasteiger charge is -2.17. The fourth-order valence-corrected chi connectivity index (χ4v) is 2.97. The first kappa shape index (κ1) is 17.4. The molecule has 6 heteroatoms. The smallest absolute Gasteiger partial charge is 0.247 e. The predicted octanol–water partition coefficient (Wildman–Crippen LogP) is 5.84. The Balaban J connectivity index is 1.70. The molecule has 1 atom stereocenters. The van der Waals surface area contributed by atoms with Crippen molar-refractivity contribution < 1.29 is 8.81 Å². The number of nitrogens with one attached hydrogen (secondary N) is 1. The number of halogens is 2. The molecule has 3 aromatic carbocycles. The Morgan fingerprint density at radius 3 is 2.26 bits per heavy atom. The number of hydrogen-bond acceptors (Lipinski definition) is 4. The van der Waals surface area contributed by atoms with Crippen LogP contribution in [0.5, 0.6) is 0 Å². The van der Waals surface area contributed by atoms with Gasteiger partial charge in [0.2, 0.25) is 11.8 Å². The third-order valence-electron chi connectivity index (χ3n) is 4.07. The molecular weight excluding hydrogens is 409 g/mol. The molecule has 1 aromatic heterocycles. The number of hydrogen-bond donors (Lipinski definition) is 1. The van der Waals surface area contributed by atoms with E-state index < -0.39 is 6.04 Å². The molecule has 0 aliphatic rings. The molecule has 0 radical (unpaired) electrons. The van der Waals surface area contributed by atoms with E-state index in [2.05, 4.69) is 31.4 Å². The van der Waals surface area contributed by atoms with Crippen molar-refractivity contribution in [3.63, 3.8) is 0 Å². The lowest BCUT2D eigenvalue weighted by Crippen LogP contribution is -2.13. The number of anilines is 1. The molecule has 0 amide bonds. The molecule has 0 unspecified atom stereocenters. The summed E-state index contributed by atoms with van der Waals surface area (Å²) in [6.45, 7) is 0. The van der Waals surface area contributed by atoms with Crippen molar-refractivity contribution in [1.29, 1.82) is 0 Å². The lowest BCUT2D eigenvalue weighted by molar-refractivity contribution is 0.494. The van der Waals surface area contributed by atoms with Gasteiger partial charge in [0.15, 0.2) is 0 Å². The van der Waals surface area contributed by atoms with Crippen LogP contribution in [0.3, 0.4) is 0 Å². The maximum absolute atomic E-state index is 13.4. The average Bonchev–Trinajstić information content (AvgIpc) is 3.19. The quantitative estimate of drug-likeness (QED) is 0.437. The van der Waals surface area contributed by atoms with Gasteiger partial charge in [-0.15, -0.1) is 10.2 Å². The highest BCUT2D eigenvalue weighted by Crippen LogP contribution is 2.29. The van der Waals surface area contributed by atoms with Crippen LogP contribution in [0.4, 0.5) is 10.1 Å². The third kappa shape index (κ3) is 4.06. The predicted molar refractivity (Wildman–Crippen MR) is 106 cm³/mol. The highest BCUT2D eigenvalue weighted by molar-refractivity contribution is 9.10. The van der Waals surface area contributed by atoms with Gasteiger partial charge in [-0.25, -0.2) is 4.39 Å². The Morgan fingerprint density at radius 1 is 0.852 bits per heavy atom. The van der Waals surface area contributed by atoms with Crippen LogP contribution >= 0.6 is 15.9 Å². The zero-order valence-corrected chi connectivity index (χ0v) is 15.7. The average molecular weight is 424 g/mol. The number of benzene rings is 3. The first-order chi connectivity index (χ1) is 13.2. The van der Waals surface area contributed by atoms with E-state index in [-0.39, 0.29) is 5.82 Å². The van der Waals surface area contributed by atoms with E-state index in [0.717, 1.165) is 21.3 Å². The molecule has 4 nitrogen and oxygen atoms in total. The van der Waals surface area contributed by atoms with Gasteiger partial charge in [-0.2, -0.15) is 0 Å². The van der Waals surface area contributed by atoms with E-state index in [1.807, 2.05) is 54.6 Å². The molecule has 134 valence electrons. The highest BCUT2D eigenvalue weighted by Gasteiger charge is 2.21. The van der Waals surface area contributed by atoms with Gasteiger partial charge in [0, 0.05) is 15.7 Å². The Kier molecular flexibility index (Phi) is 4.98. The van der Waals surface area contributed by atoms with Crippen LogP contribution in [0.25, 0.3) is 11.5 Å². The van der Waals surface area contributed by atoms with Crippen LogP contribution in [0.1, 0.15) is 17.5 Å². The molecule has 4 rings (SSSR count). The summed E-state index contributed by atoms with van der Waals surface area (Å²) in [4.78, 5) is 0. The fraction of sp³-hybridized carbons (Fsp3) is 0.0476. The van der Waals surface area contributed by atoms with Crippen LogP contribution in [0, 0.1) is 5.82 Å². The lowest BCUT2D eigenvalue weighted by atomic mass is 10.1. The second kappa shape index (κ2) is 7.72. The van der Waals surface area contributed by atoms with E-state index in [0.29, 0.717) is 11.8 Å². The van der Waals surface area contributed by atoms with E-state index in [1.165, 1.54) is 12.1 Å². The maximum Gasteiger partial charge on any atom is 0.247 e. The van der Waals surface area contributed by atoms with Crippen molar-refractivity contribution in [2.24, 2.45) is 0 Å². The Bertz CT molecular complexity index is 1020. The van der Waals surface area contributed by atoms with Gasteiger partial charge >= 0.3 is 0 Å². The SMILES string of the molecule is Fc1ccc([C@@H](Nc2ccc(Br)cc2)c2nnc(-c3ccccc3)o2)cc1. The number of nitrogens with zero attached hydrogens (tertiary/aromatic N) is 2. The fourth-order valence-electron chi connectivity index (χ4n) is 2.70. The van der Waals surface area contributed by atoms with Gasteiger partial charge in [-0.05, 0) is 54.1 Å². The summed E-state index contributed by atoms with van der Waals surface area (Å²) in [5, 5.41) is 11.8. The third-order valence-corrected chi connectivity index (χ3v) is 4.60. The summed E-state index contributed by atoms with van der Waals surface area (Å²) in [5.74, 6) is 0.551. The molecule has 0 aliphatic carbocycles. The van der Waals surface area contributed by atoms with Crippen LogP contribution < -0.4 is 5.32 Å². The monoisotopic (exact) mass is 423 g/mol. The molecule has 0 aliphatic heterocycles. The van der Waals surface area contributed by atoms with Crippen molar-refractivity contribution in [1.82, 2.24) is 10.2 Å². The molecule has 0 bridgehead atoms. The van der Waals surface area contributed by atoms with Gasteiger partial charge in [-0.1, -0.05) is 46.3 Å². The van der Waals surface area contributed by atoms with Crippen LogP contribution in [-0.4, -0.2) is 10.2 Å². The summed E-state index contributed by atoms with van der Waals surface area (Å²) in [7, 11) is 0. The van der Waals surface area contributed by atoms with E-state index >= 15 is 0 Å². The van der Waals surface area contributed by atoms with E-state index in [4.69, 9.17) is 4.42 Å². The van der Waals surface area contributed by atoms with Crippen LogP contribution in [-0.2, 0) is 0 Å². The summed E-state index contributed by atoms with van der Waals surface area (Å²) in [5.41, 5.74) is 2.55. The second-order valence-electron chi connectivity index (χ2n) is 5.95. The van der Waals surface area contributed by atoms with Crippen molar-refractivity contribution in [2.75, 3.05) is 5.32 Å². The second-order valence-corrected chi connectivity index (χ2v) is 6.86. The molecule has 1 heterocycles. The molecule has 1 N–H and O–H groups in total. The standard InChI is InChI=1S/C21H15BrFN3O/c22-16-8-12-18(13-9-16)24-19(14-6-10-17(23)11-7-14)21-26-25-20(27-21)15-4-2-1-3-5-15/h1-13,19,24H/t19-/m1/s1. The summed E-state index contributed by atoms with van der Waals surface area (Å²) in [6.07, 6.45) is 0. The normalized spacial score (nSPS) is 11.9. The largest absolute Gasteiger partial charge is 0.418 e. The summed E-state index contributed by atoms with van der Waals surface area (Å²) >= 11 is 3.43. The van der Waals surface area contributed by atoms with Crippen molar-refractivity contribution in [3.8, 4) is 11.5 Å². The van der Waals surface area contributed by atoms with Gasteiger partial charge in [0.25, 0.3) is 0 Å². The Hall–Kier alpha value is -2.99. The molecule has 27 heavy (non-hydrogen) atoms. The van der Waals surface area contributed by atoms with Crippen LogP contribution in [0.2, 0.25) is 0 Å². The molecular formula is C21H15BrFN3O. The molecule has 0 saturated carbocycles. The van der Waals surface area contributed by atoms with Gasteiger partial charge in [0.05, 0.1) is 0 Å². The van der Waals surface area contributed by atoms with Gasteiger partial charge in [-0.3, -0.25) is 0 Å². The maximum atomic E-state index is 13.4. The van der Waals surface area contributed by atoms with Crippen molar-refractivity contribution >= 4 is 21.6 Å². The topological polar surface area (TPSA) is 51.0 Å². The van der Waals surface area contributed by atoms with E-state index in [1.54, 1.807) is 12.1 Å². The van der Waals surface area contributed by atoms with E-state index in [9.17, 15) is 4.39 Å². The summed E-state index contributed by atoms with van der Waals surface area (Å²) in [6, 6.07) is 23.2. The zero-order chi connectivity index (χ0) is 18.6. The number of rotatable bonds is 5. The highest BCUT2D eigenvalue weighted by atomic mass is 79.9. The minimum absolute atomic E-state index is 0.295. The first-order valence-electron chi connectivity index (χ1n) is 8.35. The summed E-state index contributed by atoms with van der Waals surface area (Å²) < 4.78 is 20.3. The van der Waals surface area contributed by atoms with Crippen LogP contribution in [0.15, 0.2) is 87.8 Å². The molecule has 0 saturated heterocycles. The van der Waals surface area contributed by atoms with Gasteiger partial charge in [0.1, 0.15) is 11.9 Å². The molecule has 0 spiro atoms. The Labute approximate surface area is 164 Å². The minimum Gasteiger partial charge on any atom is -0.418 e.